The summed E-state index contributed by atoms with van der Waals surface area (Å²) >= 11 is -0.845. The van der Waals surface area contributed by atoms with Gasteiger partial charge < -0.3 is 9.84 Å². The molecular formula is C25H23F3IN3O3. The van der Waals surface area contributed by atoms with Gasteiger partial charge in [-0.05, 0) is 40.6 Å². The molecule has 10 heteroatoms. The standard InChI is InChI=1S/C25H23F3IN3O3/c1-3-4-15-5-6-17(24(28)30-15)16-7-8-18(26)22(27)21(16)23-19(12-29-13-33)32-10-9-14(25(34)35-2)11-20(32)31-23/h6-12,15,33H,3-5,13H2,1-2H3. The Morgan fingerprint density at radius 1 is 1.31 bits per heavy atom. The molecule has 35 heavy (non-hydrogen) atoms. The van der Waals surface area contributed by atoms with Crippen LogP contribution in [0.1, 0.15) is 47.8 Å². The number of rotatable bonds is 7. The fourth-order valence-electron chi connectivity index (χ4n) is 4.07. The summed E-state index contributed by atoms with van der Waals surface area (Å²) in [7, 11) is 1.25. The predicted molar refractivity (Wildman–Crippen MR) is 138 cm³/mol. The lowest BCUT2D eigenvalue weighted by molar-refractivity contribution is 0.0600. The lowest BCUT2D eigenvalue weighted by atomic mass is 9.92. The molecule has 3 heterocycles. The first-order chi connectivity index (χ1) is 16.9. The highest BCUT2D eigenvalue weighted by molar-refractivity contribution is 14.2. The molecule has 1 aromatic carbocycles. The third-order valence-electron chi connectivity index (χ3n) is 5.69. The van der Waals surface area contributed by atoms with Crippen molar-refractivity contribution in [3.63, 3.8) is 0 Å². The maximum absolute atomic E-state index is 15.4. The smallest absolute Gasteiger partial charge is 0.338 e. The van der Waals surface area contributed by atoms with Gasteiger partial charge in [-0.1, -0.05) is 46.2 Å². The van der Waals surface area contributed by atoms with Gasteiger partial charge in [0, 0.05) is 17.3 Å². The van der Waals surface area contributed by atoms with Crippen molar-refractivity contribution in [3.05, 3.63) is 65.0 Å². The number of allylic oxidation sites excluding steroid dienone is 1. The first kappa shape index (κ1) is 25.2. The number of hydrogen-bond acceptors (Lipinski definition) is 5. The second-order valence-corrected chi connectivity index (χ2v) is 10.0. The summed E-state index contributed by atoms with van der Waals surface area (Å²) in [5, 5.41) is 9.43. The number of aromatic nitrogens is 2. The Balaban J connectivity index is 1.96. The Morgan fingerprint density at radius 3 is 2.80 bits per heavy atom. The average molecular weight is 597 g/mol. The number of hydrogen-bond donors (Lipinski definition) is 1. The summed E-state index contributed by atoms with van der Waals surface area (Å²) < 4.78 is 53.0. The van der Waals surface area contributed by atoms with Crippen molar-refractivity contribution in [2.24, 2.45) is 4.99 Å². The lowest BCUT2D eigenvalue weighted by Gasteiger charge is -2.19. The van der Waals surface area contributed by atoms with Gasteiger partial charge in [-0.15, -0.1) is 0 Å². The van der Waals surface area contributed by atoms with Crippen LogP contribution in [0.25, 0.3) is 22.5 Å². The number of methoxy groups -OCH3 is 1. The molecule has 4 rings (SSSR count). The second-order valence-electron chi connectivity index (χ2n) is 7.86. The third kappa shape index (κ3) is 4.94. The normalized spacial score (nSPS) is 16.2. The summed E-state index contributed by atoms with van der Waals surface area (Å²) in [4.78, 5) is 20.6. The number of carbonyl (C=O) groups excluding carboxylic acids is 1. The van der Waals surface area contributed by atoms with Gasteiger partial charge in [0.15, 0.2) is 11.6 Å². The number of imidazole rings is 1. The van der Waals surface area contributed by atoms with Gasteiger partial charge in [-0.2, -0.15) is 4.39 Å². The first-order valence-corrected chi connectivity index (χ1v) is 13.7. The van der Waals surface area contributed by atoms with E-state index in [9.17, 15) is 14.3 Å². The maximum atomic E-state index is 15.4. The number of pyridine rings is 1. The van der Waals surface area contributed by atoms with E-state index in [2.05, 4.69) is 9.98 Å². The highest BCUT2D eigenvalue weighted by Crippen LogP contribution is 2.37. The fraction of sp³-hybridized carbons (Fsp3) is 0.280. The van der Waals surface area contributed by atoms with E-state index in [1.54, 1.807) is 20.7 Å². The first-order valence-electron chi connectivity index (χ1n) is 10.9. The van der Waals surface area contributed by atoms with E-state index < -0.39 is 44.3 Å². The number of dihydropyridines is 1. The molecule has 1 aliphatic rings. The molecule has 1 N–H and O–H groups in total. The second kappa shape index (κ2) is 10.8. The number of nitrogens with zero attached hydrogens (tertiary/aromatic N) is 3. The van der Waals surface area contributed by atoms with E-state index in [1.165, 1.54) is 25.3 Å². The van der Waals surface area contributed by atoms with Gasteiger partial charge in [-0.25, -0.2) is 18.6 Å². The average Bonchev–Trinajstić information content (AvgIpc) is 3.21. The van der Waals surface area contributed by atoms with Crippen molar-refractivity contribution >= 4 is 47.9 Å². The number of carbonyl (C=O) groups is 1. The number of ether oxygens (including phenoxy) is 1. The predicted octanol–water partition coefficient (Wildman–Crippen LogP) is 5.46. The number of benzene rings is 1. The molecule has 1 aliphatic heterocycles. The van der Waals surface area contributed by atoms with Gasteiger partial charge in [0.05, 0.1) is 29.0 Å². The highest BCUT2D eigenvalue weighted by atomic mass is 127. The van der Waals surface area contributed by atoms with Crippen molar-refractivity contribution in [1.82, 2.24) is 9.38 Å². The summed E-state index contributed by atoms with van der Waals surface area (Å²) in [5.74, 6) is -3.57. The van der Waals surface area contributed by atoms with Crippen LogP contribution in [0, 0.1) is 11.6 Å². The molecule has 0 saturated carbocycles. The SMILES string of the molecule is CCCC1CC=C(c2ccc(F)c(F)c2-c2nc3cc(C(=O)OC)ccn3c2C=ICO)C(F)=N1. The van der Waals surface area contributed by atoms with Crippen molar-refractivity contribution in [2.75, 3.05) is 11.7 Å². The van der Waals surface area contributed by atoms with E-state index >= 15 is 8.78 Å². The van der Waals surface area contributed by atoms with Crippen LogP contribution in [0.5, 0.6) is 0 Å². The van der Waals surface area contributed by atoms with Crippen molar-refractivity contribution in [1.29, 1.82) is 0 Å². The molecule has 0 spiro atoms. The third-order valence-corrected chi connectivity index (χ3v) is 7.11. The molecule has 1 atom stereocenters. The Labute approximate surface area is 209 Å². The van der Waals surface area contributed by atoms with Crippen LogP contribution < -0.4 is 0 Å². The number of fused-ring (bicyclic) bond motifs is 1. The summed E-state index contributed by atoms with van der Waals surface area (Å²) in [6.45, 7) is 1.99. The Kier molecular flexibility index (Phi) is 7.80. The van der Waals surface area contributed by atoms with Gasteiger partial charge in [0.2, 0.25) is 5.97 Å². The van der Waals surface area contributed by atoms with Crippen LogP contribution in [0.4, 0.5) is 13.2 Å². The topological polar surface area (TPSA) is 76.2 Å². The van der Waals surface area contributed by atoms with E-state index in [-0.39, 0.29) is 38.6 Å². The minimum absolute atomic E-state index is 0.0739. The van der Waals surface area contributed by atoms with Crippen molar-refractivity contribution in [2.45, 2.75) is 32.2 Å². The molecule has 0 radical (unpaired) electrons. The molecule has 0 bridgehead atoms. The summed E-state index contributed by atoms with van der Waals surface area (Å²) in [5.41, 5.74) is 1.04. The highest BCUT2D eigenvalue weighted by Gasteiger charge is 2.27. The number of aliphatic hydroxyl groups is 1. The zero-order valence-corrected chi connectivity index (χ0v) is 21.2. The minimum atomic E-state index is -1.17. The van der Waals surface area contributed by atoms with Crippen molar-refractivity contribution < 1.29 is 27.8 Å². The molecule has 184 valence electrons. The molecule has 2 aromatic heterocycles. The zero-order valence-electron chi connectivity index (χ0n) is 19.1. The van der Waals surface area contributed by atoms with Crippen LogP contribution in [0.3, 0.4) is 0 Å². The van der Waals surface area contributed by atoms with E-state index in [0.29, 0.717) is 17.8 Å². The number of alkyl halides is 1. The summed E-state index contributed by atoms with van der Waals surface area (Å²) in [6.07, 6.45) is 5.29. The van der Waals surface area contributed by atoms with E-state index in [0.717, 1.165) is 18.9 Å². The molecule has 0 fully saturated rings. The van der Waals surface area contributed by atoms with Gasteiger partial charge in [0.1, 0.15) is 11.3 Å². The van der Waals surface area contributed by atoms with Crippen molar-refractivity contribution in [3.8, 4) is 11.3 Å². The van der Waals surface area contributed by atoms with Crippen LogP contribution >= 0.6 is 20.7 Å². The number of esters is 1. The summed E-state index contributed by atoms with van der Waals surface area (Å²) in [6, 6.07) is 5.07. The minimum Gasteiger partial charge on any atom is -0.465 e. The quantitative estimate of drug-likeness (QED) is 0.223. The largest absolute Gasteiger partial charge is 0.465 e. The van der Waals surface area contributed by atoms with Gasteiger partial charge >= 0.3 is 5.97 Å². The van der Waals surface area contributed by atoms with Crippen LogP contribution in [0.2, 0.25) is 0 Å². The molecular weight excluding hydrogens is 574 g/mol. The Hall–Kier alpha value is -2.86. The van der Waals surface area contributed by atoms with Crippen LogP contribution in [0.15, 0.2) is 41.5 Å². The molecule has 0 amide bonds. The van der Waals surface area contributed by atoms with Crippen LogP contribution in [-0.2, 0) is 4.74 Å². The van der Waals surface area contributed by atoms with Crippen LogP contribution in [-0.4, -0.2) is 48.2 Å². The zero-order chi connectivity index (χ0) is 25.1. The number of aliphatic hydroxyl groups excluding tert-OH is 1. The molecule has 6 nitrogen and oxygen atoms in total. The Morgan fingerprint density at radius 2 is 2.11 bits per heavy atom. The maximum Gasteiger partial charge on any atom is 0.338 e. The number of halogens is 4. The molecule has 0 saturated heterocycles. The van der Waals surface area contributed by atoms with E-state index in [4.69, 9.17) is 4.74 Å². The van der Waals surface area contributed by atoms with Gasteiger partial charge in [0.25, 0.3) is 0 Å². The Bertz CT molecular complexity index is 1380. The number of aliphatic imine (C=N–C) groups is 1. The lowest BCUT2D eigenvalue weighted by Crippen LogP contribution is -2.13. The van der Waals surface area contributed by atoms with Gasteiger partial charge in [-0.3, -0.25) is 9.39 Å². The monoisotopic (exact) mass is 597 g/mol. The molecule has 1 unspecified atom stereocenters. The molecule has 3 aromatic rings. The molecule has 0 aliphatic carbocycles. The van der Waals surface area contributed by atoms with E-state index in [1.807, 2.05) is 6.92 Å². The fourth-order valence-corrected chi connectivity index (χ4v) is 5.28.